The van der Waals surface area contributed by atoms with Crippen LogP contribution in [0.2, 0.25) is 0 Å². The fourth-order valence-corrected chi connectivity index (χ4v) is 5.31. The van der Waals surface area contributed by atoms with Gasteiger partial charge >= 0.3 is 0 Å². The highest BCUT2D eigenvalue weighted by Crippen LogP contribution is 2.42. The number of aliphatic hydroxyl groups excluding tert-OH is 1. The first kappa shape index (κ1) is 31.1. The molecule has 1 unspecified atom stereocenters. The highest BCUT2D eigenvalue weighted by molar-refractivity contribution is 6.46. The minimum Gasteiger partial charge on any atom is -0.507 e. The van der Waals surface area contributed by atoms with E-state index in [0.29, 0.717) is 62.0 Å². The number of nitrogens with zero attached hydrogens (tertiary/aromatic N) is 2. The van der Waals surface area contributed by atoms with E-state index < -0.39 is 17.7 Å². The number of ketones is 1. The highest BCUT2D eigenvalue weighted by Gasteiger charge is 2.46. The molecular weight excluding hydrogens is 536 g/mol. The number of Topliss-reactive ketones (excluding diaryl/α,β-unsaturated/α-hetero) is 1. The third kappa shape index (κ3) is 7.14. The lowest BCUT2D eigenvalue weighted by Crippen LogP contribution is -2.39. The number of aryl methyl sites for hydroxylation is 1. The standard InChI is InChI=1S/C33H42N2O7/c1-5-7-18-42-26-11-10-25(21-23(26)3)31(36)29-30(24-9-12-27(41-17-6-2)28(22-24)39-4)35(33(38)32(29)37)14-8-13-34-15-19-40-20-16-34/h6,9-12,21-22,30,36H,2,5,7-8,13-20H2,1,3-4H3. The molecule has 42 heavy (non-hydrogen) atoms. The van der Waals surface area contributed by atoms with E-state index in [2.05, 4.69) is 18.4 Å². The van der Waals surface area contributed by atoms with Gasteiger partial charge in [0.2, 0.25) is 0 Å². The van der Waals surface area contributed by atoms with Crippen LogP contribution in [-0.4, -0.2) is 86.3 Å². The first-order valence-electron chi connectivity index (χ1n) is 14.6. The van der Waals surface area contributed by atoms with Crippen LogP contribution in [0.15, 0.2) is 54.6 Å². The Balaban J connectivity index is 1.70. The number of morpholine rings is 1. The molecule has 2 fully saturated rings. The topological polar surface area (TPSA) is 97.8 Å². The van der Waals surface area contributed by atoms with E-state index in [1.807, 2.05) is 6.92 Å². The summed E-state index contributed by atoms with van der Waals surface area (Å²) in [6, 6.07) is 9.81. The summed E-state index contributed by atoms with van der Waals surface area (Å²) in [5, 5.41) is 11.6. The molecular formula is C33H42N2O7. The van der Waals surface area contributed by atoms with Crippen LogP contribution in [0.1, 0.15) is 48.9 Å². The van der Waals surface area contributed by atoms with Crippen LogP contribution in [0.25, 0.3) is 5.76 Å². The Labute approximate surface area is 248 Å². The van der Waals surface area contributed by atoms with Gasteiger partial charge in [0.1, 0.15) is 18.1 Å². The summed E-state index contributed by atoms with van der Waals surface area (Å²) < 4.78 is 22.6. The molecule has 2 aromatic carbocycles. The molecule has 2 aliphatic heterocycles. The number of hydrogen-bond acceptors (Lipinski definition) is 8. The van der Waals surface area contributed by atoms with E-state index in [1.165, 1.54) is 7.11 Å². The Morgan fingerprint density at radius 2 is 1.81 bits per heavy atom. The van der Waals surface area contributed by atoms with Gasteiger partial charge in [-0.1, -0.05) is 32.1 Å². The number of ether oxygens (including phenoxy) is 4. The minimum atomic E-state index is -0.794. The van der Waals surface area contributed by atoms with Crippen molar-refractivity contribution >= 4 is 17.4 Å². The van der Waals surface area contributed by atoms with Gasteiger partial charge in [-0.25, -0.2) is 0 Å². The molecule has 0 bridgehead atoms. The second-order valence-corrected chi connectivity index (χ2v) is 10.5. The number of aliphatic hydroxyl groups is 1. The minimum absolute atomic E-state index is 0.0484. The van der Waals surface area contributed by atoms with Gasteiger partial charge in [-0.15, -0.1) is 0 Å². The summed E-state index contributed by atoms with van der Waals surface area (Å²) in [7, 11) is 1.53. The summed E-state index contributed by atoms with van der Waals surface area (Å²) in [6.07, 6.45) is 4.27. The van der Waals surface area contributed by atoms with E-state index in [-0.39, 0.29) is 11.3 Å². The van der Waals surface area contributed by atoms with Crippen molar-refractivity contribution in [3.63, 3.8) is 0 Å². The monoisotopic (exact) mass is 578 g/mol. The molecule has 2 saturated heterocycles. The van der Waals surface area contributed by atoms with Crippen LogP contribution in [-0.2, 0) is 14.3 Å². The lowest BCUT2D eigenvalue weighted by molar-refractivity contribution is -0.140. The second kappa shape index (κ2) is 14.9. The van der Waals surface area contributed by atoms with Crippen molar-refractivity contribution in [2.75, 3.05) is 59.7 Å². The average molecular weight is 579 g/mol. The second-order valence-electron chi connectivity index (χ2n) is 10.5. The molecule has 9 heteroatoms. The third-order valence-electron chi connectivity index (χ3n) is 7.58. The Kier molecular flexibility index (Phi) is 11.0. The third-order valence-corrected chi connectivity index (χ3v) is 7.58. The number of amides is 1. The van der Waals surface area contributed by atoms with E-state index >= 15 is 0 Å². The molecule has 1 N–H and O–H groups in total. The molecule has 4 rings (SSSR count). The highest BCUT2D eigenvalue weighted by atomic mass is 16.5. The smallest absolute Gasteiger partial charge is 0.295 e. The van der Waals surface area contributed by atoms with E-state index in [0.717, 1.165) is 43.8 Å². The zero-order valence-electron chi connectivity index (χ0n) is 24.9. The summed E-state index contributed by atoms with van der Waals surface area (Å²) >= 11 is 0. The SMILES string of the molecule is C=CCOc1ccc(C2C(=C(O)c3ccc(OCCCC)c(C)c3)C(=O)C(=O)N2CCCN2CCOCC2)cc1OC. The first-order chi connectivity index (χ1) is 20.4. The molecule has 2 heterocycles. The van der Waals surface area contributed by atoms with Gasteiger partial charge < -0.3 is 29.0 Å². The van der Waals surface area contributed by atoms with Crippen molar-refractivity contribution in [2.45, 2.75) is 39.2 Å². The average Bonchev–Trinajstić information content (AvgIpc) is 3.26. The molecule has 9 nitrogen and oxygen atoms in total. The number of carbonyl (C=O) groups is 2. The lowest BCUT2D eigenvalue weighted by Gasteiger charge is -2.29. The van der Waals surface area contributed by atoms with Crippen molar-refractivity contribution in [3.8, 4) is 17.2 Å². The molecule has 0 spiro atoms. The van der Waals surface area contributed by atoms with Crippen LogP contribution < -0.4 is 14.2 Å². The molecule has 0 aliphatic carbocycles. The normalized spacial score (nSPS) is 18.7. The molecule has 0 saturated carbocycles. The van der Waals surface area contributed by atoms with Gasteiger partial charge in [-0.3, -0.25) is 14.5 Å². The number of unbranched alkanes of at least 4 members (excludes halogenated alkanes) is 1. The number of hydrogen-bond donors (Lipinski definition) is 1. The Bertz CT molecular complexity index is 1300. The quantitative estimate of drug-likeness (QED) is 0.111. The van der Waals surface area contributed by atoms with E-state index in [1.54, 1.807) is 47.4 Å². The predicted octanol–water partition coefficient (Wildman–Crippen LogP) is 4.89. The fourth-order valence-electron chi connectivity index (χ4n) is 5.31. The van der Waals surface area contributed by atoms with Gasteiger partial charge in [-0.2, -0.15) is 0 Å². The number of likely N-dealkylation sites (tertiary alicyclic amines) is 1. The van der Waals surface area contributed by atoms with Gasteiger partial charge in [-0.05, 0) is 61.2 Å². The summed E-state index contributed by atoms with van der Waals surface area (Å²) in [5.41, 5.74) is 1.97. The van der Waals surface area contributed by atoms with Crippen LogP contribution >= 0.6 is 0 Å². The Morgan fingerprint density at radius 3 is 2.50 bits per heavy atom. The molecule has 1 amide bonds. The van der Waals surface area contributed by atoms with Crippen molar-refractivity contribution in [3.05, 3.63) is 71.3 Å². The molecule has 0 aromatic heterocycles. The molecule has 2 aliphatic rings. The van der Waals surface area contributed by atoms with Crippen molar-refractivity contribution < 1.29 is 33.6 Å². The van der Waals surface area contributed by atoms with Crippen molar-refractivity contribution in [1.29, 1.82) is 0 Å². The Morgan fingerprint density at radius 1 is 1.05 bits per heavy atom. The zero-order valence-corrected chi connectivity index (χ0v) is 24.9. The zero-order chi connectivity index (χ0) is 30.1. The van der Waals surface area contributed by atoms with Crippen molar-refractivity contribution in [2.24, 2.45) is 0 Å². The first-order valence-corrected chi connectivity index (χ1v) is 14.6. The number of benzene rings is 2. The van der Waals surface area contributed by atoms with Crippen LogP contribution in [0.4, 0.5) is 0 Å². The van der Waals surface area contributed by atoms with E-state index in [9.17, 15) is 14.7 Å². The maximum Gasteiger partial charge on any atom is 0.295 e. The maximum absolute atomic E-state index is 13.5. The van der Waals surface area contributed by atoms with Crippen molar-refractivity contribution in [1.82, 2.24) is 9.80 Å². The summed E-state index contributed by atoms with van der Waals surface area (Å²) in [4.78, 5) is 30.8. The fraction of sp³-hybridized carbons (Fsp3) is 0.455. The van der Waals surface area contributed by atoms with Gasteiger partial charge in [0.15, 0.2) is 11.5 Å². The molecule has 0 radical (unpaired) electrons. The lowest BCUT2D eigenvalue weighted by atomic mass is 9.94. The molecule has 226 valence electrons. The maximum atomic E-state index is 13.5. The van der Waals surface area contributed by atoms with Crippen LogP contribution in [0, 0.1) is 6.92 Å². The number of rotatable bonds is 14. The molecule has 1 atom stereocenters. The van der Waals surface area contributed by atoms with Gasteiger partial charge in [0.25, 0.3) is 11.7 Å². The predicted molar refractivity (Wildman–Crippen MR) is 161 cm³/mol. The molecule has 2 aromatic rings. The van der Waals surface area contributed by atoms with E-state index in [4.69, 9.17) is 18.9 Å². The summed E-state index contributed by atoms with van der Waals surface area (Å²) in [5.74, 6) is 0.127. The summed E-state index contributed by atoms with van der Waals surface area (Å²) in [6.45, 7) is 12.8. The van der Waals surface area contributed by atoms with Gasteiger partial charge in [0, 0.05) is 31.7 Å². The largest absolute Gasteiger partial charge is 0.507 e. The van der Waals surface area contributed by atoms with Crippen LogP contribution in [0.3, 0.4) is 0 Å². The van der Waals surface area contributed by atoms with Crippen LogP contribution in [0.5, 0.6) is 17.2 Å². The Hall–Kier alpha value is -3.82. The van der Waals surface area contributed by atoms with Gasteiger partial charge in [0.05, 0.1) is 38.5 Å². The number of methoxy groups -OCH3 is 1. The number of carbonyl (C=O) groups excluding carboxylic acids is 2.